The summed E-state index contributed by atoms with van der Waals surface area (Å²) in [5.74, 6) is 0.923. The van der Waals surface area contributed by atoms with Gasteiger partial charge in [0.2, 0.25) is 0 Å². The normalized spacial score (nSPS) is 10.7. The van der Waals surface area contributed by atoms with Crippen molar-refractivity contribution in [3.63, 3.8) is 0 Å². The van der Waals surface area contributed by atoms with Crippen LogP contribution in [0.4, 0.5) is 5.69 Å². The number of pyridine rings is 1. The number of para-hydroxylation sites is 3. The summed E-state index contributed by atoms with van der Waals surface area (Å²) in [5.41, 5.74) is 3.62. The maximum absolute atomic E-state index is 13.2. The summed E-state index contributed by atoms with van der Waals surface area (Å²) < 4.78 is 7.90. The number of carbonyl (C=O) groups excluding carboxylic acids is 1. The summed E-state index contributed by atoms with van der Waals surface area (Å²) in [6.45, 7) is 0. The molecule has 5 aromatic rings. The third-order valence-electron chi connectivity index (χ3n) is 4.92. The van der Waals surface area contributed by atoms with Gasteiger partial charge in [0, 0.05) is 18.0 Å². The Hall–Kier alpha value is -4.38. The molecule has 2 heterocycles. The van der Waals surface area contributed by atoms with E-state index in [0.29, 0.717) is 22.7 Å². The SMILES string of the molecule is O=C(Nc1ccccc1-c1cn2ccccc2n1)c1ccccc1Oc1ccccc1. The number of hydrogen-bond donors (Lipinski definition) is 1. The minimum atomic E-state index is -0.247. The number of ether oxygens (including phenoxy) is 1. The summed E-state index contributed by atoms with van der Waals surface area (Å²) >= 11 is 0. The van der Waals surface area contributed by atoms with E-state index in [1.807, 2.05) is 102 Å². The third-order valence-corrected chi connectivity index (χ3v) is 4.92. The molecular formula is C26H19N3O2. The second kappa shape index (κ2) is 8.16. The fourth-order valence-corrected chi connectivity index (χ4v) is 3.43. The van der Waals surface area contributed by atoms with Crippen molar-refractivity contribution in [2.24, 2.45) is 0 Å². The van der Waals surface area contributed by atoms with Crippen LogP contribution in [0.3, 0.4) is 0 Å². The van der Waals surface area contributed by atoms with Gasteiger partial charge in [-0.15, -0.1) is 0 Å². The number of benzene rings is 3. The molecule has 31 heavy (non-hydrogen) atoms. The van der Waals surface area contributed by atoms with Crippen LogP contribution < -0.4 is 10.1 Å². The first-order valence-corrected chi connectivity index (χ1v) is 9.94. The van der Waals surface area contributed by atoms with Crippen molar-refractivity contribution in [2.75, 3.05) is 5.32 Å². The van der Waals surface area contributed by atoms with Crippen molar-refractivity contribution >= 4 is 17.2 Å². The van der Waals surface area contributed by atoms with Crippen LogP contribution in [0.1, 0.15) is 10.4 Å². The average molecular weight is 405 g/mol. The van der Waals surface area contributed by atoms with E-state index >= 15 is 0 Å². The molecule has 1 N–H and O–H groups in total. The van der Waals surface area contributed by atoms with Crippen LogP contribution in [0.15, 0.2) is 109 Å². The van der Waals surface area contributed by atoms with E-state index in [-0.39, 0.29) is 5.91 Å². The van der Waals surface area contributed by atoms with Gasteiger partial charge in [-0.05, 0) is 42.5 Å². The number of amides is 1. The number of rotatable bonds is 5. The third kappa shape index (κ3) is 3.89. The molecule has 0 aliphatic carbocycles. The summed E-state index contributed by atoms with van der Waals surface area (Å²) in [7, 11) is 0. The molecule has 3 aromatic carbocycles. The Morgan fingerprint density at radius 3 is 2.42 bits per heavy atom. The van der Waals surface area contributed by atoms with E-state index in [1.54, 1.807) is 12.1 Å². The van der Waals surface area contributed by atoms with Gasteiger partial charge in [0.15, 0.2) is 0 Å². The van der Waals surface area contributed by atoms with Gasteiger partial charge in [-0.25, -0.2) is 4.98 Å². The molecule has 5 nitrogen and oxygen atoms in total. The number of carbonyl (C=O) groups is 1. The highest BCUT2D eigenvalue weighted by Crippen LogP contribution is 2.30. The number of fused-ring (bicyclic) bond motifs is 1. The number of nitrogens with zero attached hydrogens (tertiary/aromatic N) is 2. The van der Waals surface area contributed by atoms with Crippen molar-refractivity contribution in [3.8, 4) is 22.8 Å². The smallest absolute Gasteiger partial charge is 0.259 e. The Bertz CT molecular complexity index is 1330. The number of hydrogen-bond acceptors (Lipinski definition) is 3. The number of nitrogens with one attached hydrogen (secondary N) is 1. The standard InChI is InChI=1S/C26H19N3O2/c30-26(21-13-5-7-15-24(21)31-19-10-2-1-3-11-19)28-22-14-6-4-12-20(22)23-18-29-17-9-8-16-25(29)27-23/h1-18H,(H,28,30). The fraction of sp³-hybridized carbons (Fsp3) is 0. The molecule has 0 unspecified atom stereocenters. The Balaban J connectivity index is 1.46. The topological polar surface area (TPSA) is 55.6 Å². The summed E-state index contributed by atoms with van der Waals surface area (Å²) in [5, 5.41) is 3.03. The lowest BCUT2D eigenvalue weighted by Crippen LogP contribution is -2.13. The van der Waals surface area contributed by atoms with E-state index in [4.69, 9.17) is 4.74 Å². The van der Waals surface area contributed by atoms with Gasteiger partial charge >= 0.3 is 0 Å². The van der Waals surface area contributed by atoms with Gasteiger partial charge in [-0.1, -0.05) is 54.6 Å². The highest BCUT2D eigenvalue weighted by atomic mass is 16.5. The molecule has 1 amide bonds. The Labute approximate surface area is 179 Å². The number of aromatic nitrogens is 2. The van der Waals surface area contributed by atoms with Gasteiger partial charge < -0.3 is 14.5 Å². The molecule has 0 saturated heterocycles. The highest BCUT2D eigenvalue weighted by molar-refractivity contribution is 6.08. The monoisotopic (exact) mass is 405 g/mol. The van der Waals surface area contributed by atoms with Crippen molar-refractivity contribution in [1.29, 1.82) is 0 Å². The van der Waals surface area contributed by atoms with Crippen molar-refractivity contribution < 1.29 is 9.53 Å². The van der Waals surface area contributed by atoms with E-state index in [0.717, 1.165) is 16.9 Å². The average Bonchev–Trinajstić information content (AvgIpc) is 3.24. The Morgan fingerprint density at radius 1 is 0.806 bits per heavy atom. The zero-order valence-corrected chi connectivity index (χ0v) is 16.6. The van der Waals surface area contributed by atoms with Crippen LogP contribution in [-0.4, -0.2) is 15.3 Å². The zero-order chi connectivity index (χ0) is 21.0. The van der Waals surface area contributed by atoms with E-state index in [2.05, 4.69) is 10.3 Å². The Morgan fingerprint density at radius 2 is 1.55 bits per heavy atom. The summed E-state index contributed by atoms with van der Waals surface area (Å²) in [6, 6.07) is 30.1. The minimum Gasteiger partial charge on any atom is -0.457 e. The highest BCUT2D eigenvalue weighted by Gasteiger charge is 2.16. The van der Waals surface area contributed by atoms with Crippen LogP contribution in [0.2, 0.25) is 0 Å². The van der Waals surface area contributed by atoms with Crippen LogP contribution in [0.25, 0.3) is 16.9 Å². The second-order valence-corrected chi connectivity index (χ2v) is 7.00. The minimum absolute atomic E-state index is 0.247. The first kappa shape index (κ1) is 18.6. The molecule has 0 saturated carbocycles. The largest absolute Gasteiger partial charge is 0.457 e. The van der Waals surface area contributed by atoms with Gasteiger partial charge in [0.1, 0.15) is 17.1 Å². The van der Waals surface area contributed by atoms with E-state index in [9.17, 15) is 4.79 Å². The van der Waals surface area contributed by atoms with Crippen LogP contribution in [0.5, 0.6) is 11.5 Å². The predicted molar refractivity (Wildman–Crippen MR) is 122 cm³/mol. The van der Waals surface area contributed by atoms with Gasteiger partial charge in [-0.2, -0.15) is 0 Å². The van der Waals surface area contributed by atoms with Crippen molar-refractivity contribution in [3.05, 3.63) is 115 Å². The molecular weight excluding hydrogens is 386 g/mol. The summed E-state index contributed by atoms with van der Waals surface area (Å²) in [4.78, 5) is 17.8. The van der Waals surface area contributed by atoms with E-state index < -0.39 is 0 Å². The van der Waals surface area contributed by atoms with Crippen molar-refractivity contribution in [2.45, 2.75) is 0 Å². The van der Waals surface area contributed by atoms with Crippen molar-refractivity contribution in [1.82, 2.24) is 9.38 Å². The molecule has 2 aromatic heterocycles. The first-order valence-electron chi connectivity index (χ1n) is 9.94. The lowest BCUT2D eigenvalue weighted by atomic mass is 10.1. The fourth-order valence-electron chi connectivity index (χ4n) is 3.43. The van der Waals surface area contributed by atoms with Crippen LogP contribution in [-0.2, 0) is 0 Å². The first-order chi connectivity index (χ1) is 15.3. The maximum Gasteiger partial charge on any atom is 0.259 e. The maximum atomic E-state index is 13.2. The quantitative estimate of drug-likeness (QED) is 0.387. The van der Waals surface area contributed by atoms with Gasteiger partial charge in [0.05, 0.1) is 16.9 Å². The molecule has 0 atom stereocenters. The van der Waals surface area contributed by atoms with Gasteiger partial charge in [0.25, 0.3) is 5.91 Å². The molecule has 0 aliphatic rings. The molecule has 0 fully saturated rings. The predicted octanol–water partition coefficient (Wildman–Crippen LogP) is 6.05. The molecule has 150 valence electrons. The molecule has 0 radical (unpaired) electrons. The Kier molecular flexibility index (Phi) is 4.91. The second-order valence-electron chi connectivity index (χ2n) is 7.00. The molecule has 0 aliphatic heterocycles. The molecule has 0 spiro atoms. The lowest BCUT2D eigenvalue weighted by molar-refractivity contribution is 0.102. The van der Waals surface area contributed by atoms with Crippen LogP contribution in [0, 0.1) is 0 Å². The molecule has 5 heteroatoms. The lowest BCUT2D eigenvalue weighted by Gasteiger charge is -2.13. The number of anilines is 1. The van der Waals surface area contributed by atoms with E-state index in [1.165, 1.54) is 0 Å². The summed E-state index contributed by atoms with van der Waals surface area (Å²) in [6.07, 6.45) is 3.90. The number of imidazole rings is 1. The van der Waals surface area contributed by atoms with Crippen LogP contribution >= 0.6 is 0 Å². The zero-order valence-electron chi connectivity index (χ0n) is 16.6. The molecule has 0 bridgehead atoms. The van der Waals surface area contributed by atoms with Gasteiger partial charge in [-0.3, -0.25) is 4.79 Å². The molecule has 5 rings (SSSR count).